The summed E-state index contributed by atoms with van der Waals surface area (Å²) in [7, 11) is 1.67. The van der Waals surface area contributed by atoms with Crippen molar-refractivity contribution in [3.63, 3.8) is 0 Å². The number of fused-ring (bicyclic) bond motifs is 1. The first-order valence-corrected chi connectivity index (χ1v) is 8.03. The highest BCUT2D eigenvalue weighted by Crippen LogP contribution is 2.29. The summed E-state index contributed by atoms with van der Waals surface area (Å²) in [6.07, 6.45) is 5.62. The van der Waals surface area contributed by atoms with Gasteiger partial charge >= 0.3 is 0 Å². The molecule has 0 unspecified atom stereocenters. The number of aliphatic imine (C=N–C) groups is 1. The van der Waals surface area contributed by atoms with Crippen molar-refractivity contribution in [2.45, 2.75) is 6.04 Å². The third-order valence-electron chi connectivity index (χ3n) is 4.25. The quantitative estimate of drug-likeness (QED) is 0.773. The van der Waals surface area contributed by atoms with Crippen molar-refractivity contribution in [3.8, 4) is 5.75 Å². The number of pyridine rings is 1. The van der Waals surface area contributed by atoms with E-state index in [0.29, 0.717) is 5.96 Å². The van der Waals surface area contributed by atoms with Gasteiger partial charge in [-0.05, 0) is 52.7 Å². The van der Waals surface area contributed by atoms with Crippen LogP contribution in [0.2, 0.25) is 0 Å². The largest absolute Gasteiger partial charge is 0.497 e. The summed E-state index contributed by atoms with van der Waals surface area (Å²) in [5.74, 6) is 1.25. The summed E-state index contributed by atoms with van der Waals surface area (Å²) in [6, 6.07) is 16.1. The number of methoxy groups -OCH3 is 1. The fraction of sp³-hybridized carbons (Fsp3) is 0.100. The topological polar surface area (TPSA) is 72.5 Å². The summed E-state index contributed by atoms with van der Waals surface area (Å²) in [4.78, 5) is 8.70. The Labute approximate surface area is 145 Å². The molecule has 3 N–H and O–H groups in total. The molecule has 0 aliphatic carbocycles. The second-order valence-corrected chi connectivity index (χ2v) is 5.88. The molecule has 1 aliphatic heterocycles. The van der Waals surface area contributed by atoms with Gasteiger partial charge in [-0.2, -0.15) is 0 Å². The number of aromatic nitrogens is 1. The van der Waals surface area contributed by atoms with Crippen LogP contribution >= 0.6 is 0 Å². The maximum atomic E-state index is 6.00. The molecule has 1 aromatic heterocycles. The Bertz CT molecular complexity index is 979. The normalized spacial score (nSPS) is 16.8. The minimum atomic E-state index is -0.136. The molecular formula is C20H18N4O. The smallest absolute Gasteiger partial charge is 0.194 e. The average Bonchev–Trinajstić information content (AvgIpc) is 2.67. The maximum absolute atomic E-state index is 6.00. The van der Waals surface area contributed by atoms with Crippen molar-refractivity contribution in [1.82, 2.24) is 10.3 Å². The van der Waals surface area contributed by atoms with Crippen molar-refractivity contribution in [2.24, 2.45) is 10.7 Å². The summed E-state index contributed by atoms with van der Waals surface area (Å²) in [6.45, 7) is 0. The van der Waals surface area contributed by atoms with E-state index >= 15 is 0 Å². The summed E-state index contributed by atoms with van der Waals surface area (Å²) < 4.78 is 5.28. The van der Waals surface area contributed by atoms with Gasteiger partial charge in [0.1, 0.15) is 5.75 Å². The number of hydrogen-bond acceptors (Lipinski definition) is 5. The Balaban J connectivity index is 1.73. The van der Waals surface area contributed by atoms with Crippen molar-refractivity contribution >= 4 is 22.4 Å². The lowest BCUT2D eigenvalue weighted by molar-refractivity contribution is 0.415. The van der Waals surface area contributed by atoms with Crippen LogP contribution in [0.1, 0.15) is 17.2 Å². The number of nitrogens with two attached hydrogens (primary N) is 1. The molecule has 0 spiro atoms. The molecule has 2 aromatic carbocycles. The van der Waals surface area contributed by atoms with E-state index < -0.39 is 0 Å². The van der Waals surface area contributed by atoms with E-state index in [4.69, 9.17) is 10.5 Å². The van der Waals surface area contributed by atoms with Gasteiger partial charge < -0.3 is 15.8 Å². The summed E-state index contributed by atoms with van der Waals surface area (Å²) >= 11 is 0. The molecule has 5 heteroatoms. The van der Waals surface area contributed by atoms with Crippen molar-refractivity contribution in [3.05, 3.63) is 78.1 Å². The van der Waals surface area contributed by atoms with Crippen LogP contribution in [0.4, 0.5) is 0 Å². The SMILES string of the molecule is COc1ccc2cc([C@H]3C=C(c4cccnc4)NC(N)=N3)ccc2c1. The maximum Gasteiger partial charge on any atom is 0.194 e. The van der Waals surface area contributed by atoms with Gasteiger partial charge in [-0.15, -0.1) is 0 Å². The average molecular weight is 330 g/mol. The van der Waals surface area contributed by atoms with Crippen LogP contribution in [0.15, 0.2) is 72.0 Å². The number of nitrogens with zero attached hydrogens (tertiary/aromatic N) is 2. The molecule has 0 bridgehead atoms. The van der Waals surface area contributed by atoms with Crippen LogP contribution in [0.25, 0.3) is 16.5 Å². The number of ether oxygens (including phenoxy) is 1. The molecule has 0 radical (unpaired) electrons. The molecule has 0 saturated heterocycles. The lowest BCUT2D eigenvalue weighted by Crippen LogP contribution is -2.33. The lowest BCUT2D eigenvalue weighted by atomic mass is 9.99. The van der Waals surface area contributed by atoms with Crippen LogP contribution < -0.4 is 15.8 Å². The zero-order valence-electron chi connectivity index (χ0n) is 13.8. The number of benzene rings is 2. The van der Waals surface area contributed by atoms with Gasteiger partial charge in [0, 0.05) is 23.7 Å². The molecule has 124 valence electrons. The zero-order chi connectivity index (χ0) is 17.2. The Morgan fingerprint density at radius 3 is 2.72 bits per heavy atom. The third kappa shape index (κ3) is 3.04. The highest BCUT2D eigenvalue weighted by Gasteiger charge is 2.17. The lowest BCUT2D eigenvalue weighted by Gasteiger charge is -2.20. The fourth-order valence-corrected chi connectivity index (χ4v) is 2.97. The molecule has 0 saturated carbocycles. The molecule has 1 atom stereocenters. The Kier molecular flexibility index (Phi) is 3.82. The van der Waals surface area contributed by atoms with Gasteiger partial charge in [0.2, 0.25) is 0 Å². The van der Waals surface area contributed by atoms with E-state index in [2.05, 4.69) is 45.6 Å². The highest BCUT2D eigenvalue weighted by atomic mass is 16.5. The van der Waals surface area contributed by atoms with Crippen molar-refractivity contribution < 1.29 is 4.74 Å². The molecule has 0 amide bonds. The standard InChI is InChI=1S/C20H18N4O/c1-25-17-7-6-13-9-15(5-4-14(13)10-17)18-11-19(24-20(21)23-18)16-3-2-8-22-12-16/h2-12,18H,1H3,(H3,21,23,24)/t18-/m1/s1. The summed E-state index contributed by atoms with van der Waals surface area (Å²) in [5.41, 5.74) is 8.99. The van der Waals surface area contributed by atoms with E-state index in [1.807, 2.05) is 24.3 Å². The Hall–Kier alpha value is -3.34. The third-order valence-corrected chi connectivity index (χ3v) is 4.25. The van der Waals surface area contributed by atoms with E-state index in [1.54, 1.807) is 19.5 Å². The van der Waals surface area contributed by atoms with Gasteiger partial charge in [-0.3, -0.25) is 4.98 Å². The predicted octanol–water partition coefficient (Wildman–Crippen LogP) is 3.24. The molecular weight excluding hydrogens is 312 g/mol. The van der Waals surface area contributed by atoms with Crippen LogP contribution in [-0.2, 0) is 0 Å². The van der Waals surface area contributed by atoms with Gasteiger partial charge in [-0.1, -0.05) is 18.2 Å². The molecule has 1 aliphatic rings. The van der Waals surface area contributed by atoms with Crippen LogP contribution in [0.5, 0.6) is 5.75 Å². The number of nitrogens with one attached hydrogen (secondary N) is 1. The second kappa shape index (κ2) is 6.28. The van der Waals surface area contributed by atoms with Gasteiger partial charge in [0.15, 0.2) is 5.96 Å². The minimum absolute atomic E-state index is 0.136. The molecule has 0 fully saturated rings. The molecule has 5 nitrogen and oxygen atoms in total. The number of rotatable bonds is 3. The predicted molar refractivity (Wildman–Crippen MR) is 100 cm³/mol. The van der Waals surface area contributed by atoms with Crippen molar-refractivity contribution in [2.75, 3.05) is 7.11 Å². The number of hydrogen-bond donors (Lipinski definition) is 2. The second-order valence-electron chi connectivity index (χ2n) is 5.88. The molecule has 3 aromatic rings. The van der Waals surface area contributed by atoms with Gasteiger partial charge in [-0.25, -0.2) is 4.99 Å². The van der Waals surface area contributed by atoms with E-state index in [0.717, 1.165) is 33.3 Å². The van der Waals surface area contributed by atoms with Crippen LogP contribution in [-0.4, -0.2) is 18.1 Å². The Morgan fingerprint density at radius 2 is 1.92 bits per heavy atom. The Morgan fingerprint density at radius 1 is 1.08 bits per heavy atom. The van der Waals surface area contributed by atoms with Crippen LogP contribution in [0.3, 0.4) is 0 Å². The van der Waals surface area contributed by atoms with Crippen molar-refractivity contribution in [1.29, 1.82) is 0 Å². The van der Waals surface area contributed by atoms with E-state index in [1.165, 1.54) is 0 Å². The first-order valence-electron chi connectivity index (χ1n) is 8.03. The first kappa shape index (κ1) is 15.2. The number of guanidine groups is 1. The zero-order valence-corrected chi connectivity index (χ0v) is 13.8. The molecule has 25 heavy (non-hydrogen) atoms. The highest BCUT2D eigenvalue weighted by molar-refractivity contribution is 5.90. The van der Waals surface area contributed by atoms with E-state index in [-0.39, 0.29) is 6.04 Å². The summed E-state index contributed by atoms with van der Waals surface area (Å²) in [5, 5.41) is 5.39. The molecule has 2 heterocycles. The van der Waals surface area contributed by atoms with Gasteiger partial charge in [0.05, 0.1) is 13.2 Å². The molecule has 4 rings (SSSR count). The van der Waals surface area contributed by atoms with Crippen LogP contribution in [0, 0.1) is 0 Å². The van der Waals surface area contributed by atoms with Gasteiger partial charge in [0.25, 0.3) is 0 Å². The minimum Gasteiger partial charge on any atom is -0.497 e. The van der Waals surface area contributed by atoms with E-state index in [9.17, 15) is 0 Å². The fourth-order valence-electron chi connectivity index (χ4n) is 2.97. The first-order chi connectivity index (χ1) is 12.2. The monoisotopic (exact) mass is 330 g/mol.